The molecule has 1 heterocycles. The van der Waals surface area contributed by atoms with Crippen molar-refractivity contribution in [3.63, 3.8) is 0 Å². The van der Waals surface area contributed by atoms with Crippen molar-refractivity contribution in [3.8, 4) is 0 Å². The first-order valence-electron chi connectivity index (χ1n) is 8.34. The van der Waals surface area contributed by atoms with Gasteiger partial charge in [0.05, 0.1) is 6.26 Å². The SMILES string of the molecule is Fc1ccc(CNCC[C@@H](Cc2ccccc2)c2ccco2)cc1. The summed E-state index contributed by atoms with van der Waals surface area (Å²) in [4.78, 5) is 0. The summed E-state index contributed by atoms with van der Waals surface area (Å²) >= 11 is 0. The van der Waals surface area contributed by atoms with Gasteiger partial charge in [-0.3, -0.25) is 0 Å². The third-order valence-electron chi connectivity index (χ3n) is 4.18. The second-order valence-electron chi connectivity index (χ2n) is 5.99. The minimum Gasteiger partial charge on any atom is -0.469 e. The molecule has 0 unspecified atom stereocenters. The number of halogens is 1. The Balaban J connectivity index is 1.53. The Morgan fingerprint density at radius 3 is 2.38 bits per heavy atom. The van der Waals surface area contributed by atoms with E-state index in [9.17, 15) is 4.39 Å². The highest BCUT2D eigenvalue weighted by Gasteiger charge is 2.14. The summed E-state index contributed by atoms with van der Waals surface area (Å²) in [6.45, 7) is 1.63. The summed E-state index contributed by atoms with van der Waals surface area (Å²) < 4.78 is 18.5. The van der Waals surface area contributed by atoms with Crippen LogP contribution in [-0.2, 0) is 13.0 Å². The first kappa shape index (κ1) is 16.5. The van der Waals surface area contributed by atoms with Crippen LogP contribution >= 0.6 is 0 Å². The molecule has 24 heavy (non-hydrogen) atoms. The maximum Gasteiger partial charge on any atom is 0.123 e. The van der Waals surface area contributed by atoms with E-state index in [4.69, 9.17) is 4.42 Å². The third-order valence-corrected chi connectivity index (χ3v) is 4.18. The summed E-state index contributed by atoms with van der Waals surface area (Å²) in [6.07, 6.45) is 3.69. The summed E-state index contributed by atoms with van der Waals surface area (Å²) in [5.74, 6) is 1.19. The lowest BCUT2D eigenvalue weighted by atomic mass is 9.94. The van der Waals surface area contributed by atoms with Gasteiger partial charge in [-0.15, -0.1) is 0 Å². The van der Waals surface area contributed by atoms with Gasteiger partial charge in [0.2, 0.25) is 0 Å². The fourth-order valence-corrected chi connectivity index (χ4v) is 2.88. The molecule has 1 aromatic heterocycles. The molecule has 0 radical (unpaired) electrons. The van der Waals surface area contributed by atoms with Crippen molar-refractivity contribution in [1.29, 1.82) is 0 Å². The van der Waals surface area contributed by atoms with Crippen LogP contribution in [0.15, 0.2) is 77.4 Å². The molecule has 0 bridgehead atoms. The average Bonchev–Trinajstić information content (AvgIpc) is 3.14. The maximum absolute atomic E-state index is 12.9. The summed E-state index contributed by atoms with van der Waals surface area (Å²) in [6, 6.07) is 21.1. The standard InChI is InChI=1S/C21H22FNO/c22-20-10-8-18(9-11-20)16-23-13-12-19(21-7-4-14-24-21)15-17-5-2-1-3-6-17/h1-11,14,19,23H,12-13,15-16H2/t19-/m0/s1. The summed E-state index contributed by atoms with van der Waals surface area (Å²) in [7, 11) is 0. The molecule has 3 rings (SSSR count). The van der Waals surface area contributed by atoms with Crippen LogP contribution in [0, 0.1) is 5.82 Å². The van der Waals surface area contributed by atoms with Crippen LogP contribution < -0.4 is 5.32 Å². The zero-order valence-electron chi connectivity index (χ0n) is 13.6. The molecule has 0 saturated heterocycles. The number of rotatable bonds is 8. The van der Waals surface area contributed by atoms with Crippen molar-refractivity contribution in [2.75, 3.05) is 6.54 Å². The molecule has 0 aliphatic heterocycles. The fourth-order valence-electron chi connectivity index (χ4n) is 2.88. The predicted octanol–water partition coefficient (Wildman–Crippen LogP) is 4.92. The van der Waals surface area contributed by atoms with E-state index < -0.39 is 0 Å². The van der Waals surface area contributed by atoms with Crippen LogP contribution in [0.25, 0.3) is 0 Å². The number of hydrogen-bond donors (Lipinski definition) is 1. The largest absolute Gasteiger partial charge is 0.469 e. The second-order valence-corrected chi connectivity index (χ2v) is 5.99. The Hall–Kier alpha value is -2.39. The van der Waals surface area contributed by atoms with Crippen molar-refractivity contribution in [2.45, 2.75) is 25.3 Å². The van der Waals surface area contributed by atoms with Crippen LogP contribution in [0.5, 0.6) is 0 Å². The fraction of sp³-hybridized carbons (Fsp3) is 0.238. The molecular weight excluding hydrogens is 301 g/mol. The van der Waals surface area contributed by atoms with E-state index in [1.807, 2.05) is 30.3 Å². The number of hydrogen-bond acceptors (Lipinski definition) is 2. The normalized spacial score (nSPS) is 12.2. The molecule has 124 valence electrons. The van der Waals surface area contributed by atoms with E-state index in [0.29, 0.717) is 5.92 Å². The van der Waals surface area contributed by atoms with Crippen molar-refractivity contribution >= 4 is 0 Å². The molecule has 1 N–H and O–H groups in total. The van der Waals surface area contributed by atoms with Crippen molar-refractivity contribution in [1.82, 2.24) is 5.32 Å². The minimum atomic E-state index is -0.195. The van der Waals surface area contributed by atoms with E-state index in [2.05, 4.69) is 29.6 Å². The van der Waals surface area contributed by atoms with Gasteiger partial charge in [0.15, 0.2) is 0 Å². The molecule has 0 aliphatic rings. The lowest BCUT2D eigenvalue weighted by molar-refractivity contribution is 0.436. The predicted molar refractivity (Wildman–Crippen MR) is 94.3 cm³/mol. The van der Waals surface area contributed by atoms with Gasteiger partial charge in [-0.25, -0.2) is 4.39 Å². The second kappa shape index (κ2) is 8.46. The van der Waals surface area contributed by atoms with E-state index in [1.165, 1.54) is 17.7 Å². The Morgan fingerprint density at radius 1 is 0.875 bits per heavy atom. The van der Waals surface area contributed by atoms with Crippen molar-refractivity contribution in [2.24, 2.45) is 0 Å². The summed E-state index contributed by atoms with van der Waals surface area (Å²) in [5.41, 5.74) is 2.41. The number of furan rings is 1. The van der Waals surface area contributed by atoms with Gasteiger partial charge in [0.25, 0.3) is 0 Å². The van der Waals surface area contributed by atoms with Gasteiger partial charge in [-0.05, 0) is 54.8 Å². The van der Waals surface area contributed by atoms with Crippen LogP contribution in [0.2, 0.25) is 0 Å². The van der Waals surface area contributed by atoms with Crippen LogP contribution in [0.1, 0.15) is 29.2 Å². The monoisotopic (exact) mass is 323 g/mol. The molecular formula is C21H22FNO. The molecule has 3 aromatic rings. The van der Waals surface area contributed by atoms with Gasteiger partial charge < -0.3 is 9.73 Å². The first-order chi connectivity index (χ1) is 11.8. The van der Waals surface area contributed by atoms with Crippen LogP contribution in [0.3, 0.4) is 0 Å². The Bertz CT molecular complexity index is 707. The van der Waals surface area contributed by atoms with Crippen molar-refractivity contribution < 1.29 is 8.81 Å². The van der Waals surface area contributed by atoms with Gasteiger partial charge >= 0.3 is 0 Å². The molecule has 1 atom stereocenters. The van der Waals surface area contributed by atoms with E-state index in [-0.39, 0.29) is 5.82 Å². The highest BCUT2D eigenvalue weighted by Crippen LogP contribution is 2.24. The van der Waals surface area contributed by atoms with Crippen LogP contribution in [-0.4, -0.2) is 6.54 Å². The highest BCUT2D eigenvalue weighted by molar-refractivity contribution is 5.19. The van der Waals surface area contributed by atoms with E-state index in [1.54, 1.807) is 6.26 Å². The van der Waals surface area contributed by atoms with Gasteiger partial charge in [0.1, 0.15) is 11.6 Å². The van der Waals surface area contributed by atoms with E-state index in [0.717, 1.165) is 37.3 Å². The van der Waals surface area contributed by atoms with Crippen LogP contribution in [0.4, 0.5) is 4.39 Å². The maximum atomic E-state index is 12.9. The molecule has 2 aromatic carbocycles. The Kier molecular flexibility index (Phi) is 5.80. The Labute approximate surface area is 142 Å². The average molecular weight is 323 g/mol. The molecule has 0 amide bonds. The molecule has 2 nitrogen and oxygen atoms in total. The quantitative estimate of drug-likeness (QED) is 0.595. The molecule has 0 saturated carbocycles. The third kappa shape index (κ3) is 4.80. The van der Waals surface area contributed by atoms with Gasteiger partial charge in [-0.1, -0.05) is 42.5 Å². The van der Waals surface area contributed by atoms with Crippen molar-refractivity contribution in [3.05, 3.63) is 95.7 Å². The van der Waals surface area contributed by atoms with Gasteiger partial charge in [0, 0.05) is 12.5 Å². The minimum absolute atomic E-state index is 0.195. The summed E-state index contributed by atoms with van der Waals surface area (Å²) in [5, 5.41) is 3.44. The highest BCUT2D eigenvalue weighted by atomic mass is 19.1. The Morgan fingerprint density at radius 2 is 1.67 bits per heavy atom. The molecule has 3 heteroatoms. The first-order valence-corrected chi connectivity index (χ1v) is 8.34. The number of nitrogens with one attached hydrogen (secondary N) is 1. The van der Waals surface area contributed by atoms with E-state index >= 15 is 0 Å². The molecule has 0 aliphatic carbocycles. The zero-order valence-corrected chi connectivity index (χ0v) is 13.6. The van der Waals surface area contributed by atoms with Gasteiger partial charge in [-0.2, -0.15) is 0 Å². The smallest absolute Gasteiger partial charge is 0.123 e. The zero-order chi connectivity index (χ0) is 16.6. The lowest BCUT2D eigenvalue weighted by Gasteiger charge is -2.15. The topological polar surface area (TPSA) is 25.2 Å². The lowest BCUT2D eigenvalue weighted by Crippen LogP contribution is -2.18. The number of benzene rings is 2. The molecule has 0 spiro atoms. The molecule has 0 fully saturated rings.